The van der Waals surface area contributed by atoms with E-state index in [1.54, 1.807) is 0 Å². The molecule has 3 fully saturated rings. The molecule has 2 saturated carbocycles. The summed E-state index contributed by atoms with van der Waals surface area (Å²) in [6, 6.07) is 0. The van der Waals surface area contributed by atoms with Gasteiger partial charge >= 0.3 is 0 Å². The van der Waals surface area contributed by atoms with Crippen molar-refractivity contribution < 1.29 is 0 Å². The molecular weight excluding hydrogens is 180 g/mol. The van der Waals surface area contributed by atoms with Gasteiger partial charge in [-0.1, -0.05) is 12.2 Å². The van der Waals surface area contributed by atoms with E-state index in [0.717, 1.165) is 24.4 Å². The van der Waals surface area contributed by atoms with Crippen molar-refractivity contribution in [3.8, 4) is 0 Å². The fourth-order valence-electron chi connectivity index (χ4n) is 2.54. The van der Waals surface area contributed by atoms with Crippen LogP contribution in [0.15, 0.2) is 0 Å². The molecule has 0 radical (unpaired) electrons. The van der Waals surface area contributed by atoms with Gasteiger partial charge in [0.2, 0.25) is 0 Å². The standard InChI is InChI=1S/C10H16N2S/c11-10(5-6-10)8(13)12-7-1-2-9(12)3-4-9/h1-7,11H2. The van der Waals surface area contributed by atoms with Crippen LogP contribution in [-0.2, 0) is 0 Å². The third-order valence-electron chi connectivity index (χ3n) is 3.88. The van der Waals surface area contributed by atoms with Gasteiger partial charge in [-0.25, -0.2) is 0 Å². The van der Waals surface area contributed by atoms with Gasteiger partial charge in [0, 0.05) is 12.1 Å². The first-order valence-corrected chi connectivity index (χ1v) is 5.68. The van der Waals surface area contributed by atoms with E-state index in [4.69, 9.17) is 18.0 Å². The van der Waals surface area contributed by atoms with Crippen molar-refractivity contribution in [1.29, 1.82) is 0 Å². The molecule has 0 aromatic heterocycles. The molecule has 0 amide bonds. The molecular formula is C10H16N2S. The lowest BCUT2D eigenvalue weighted by Gasteiger charge is -2.30. The van der Waals surface area contributed by atoms with E-state index in [1.165, 1.54) is 25.7 Å². The lowest BCUT2D eigenvalue weighted by Crippen LogP contribution is -2.47. The Bertz CT molecular complexity index is 266. The molecule has 13 heavy (non-hydrogen) atoms. The predicted molar refractivity (Wildman–Crippen MR) is 56.7 cm³/mol. The predicted octanol–water partition coefficient (Wildman–Crippen LogP) is 1.43. The molecule has 0 aromatic rings. The summed E-state index contributed by atoms with van der Waals surface area (Å²) in [6.45, 7) is 1.16. The van der Waals surface area contributed by atoms with Crippen LogP contribution in [0.5, 0.6) is 0 Å². The van der Waals surface area contributed by atoms with Crippen LogP contribution in [0.25, 0.3) is 0 Å². The van der Waals surface area contributed by atoms with Crippen LogP contribution in [0.1, 0.15) is 38.5 Å². The van der Waals surface area contributed by atoms with Gasteiger partial charge in [0.05, 0.1) is 10.5 Å². The average molecular weight is 196 g/mol. The van der Waals surface area contributed by atoms with Crippen LogP contribution in [-0.4, -0.2) is 27.5 Å². The number of thiocarbonyl (C=S) groups is 1. The number of nitrogens with two attached hydrogens (primary N) is 1. The monoisotopic (exact) mass is 196 g/mol. The van der Waals surface area contributed by atoms with Gasteiger partial charge in [-0.05, 0) is 38.5 Å². The van der Waals surface area contributed by atoms with Gasteiger partial charge in [-0.3, -0.25) is 0 Å². The average Bonchev–Trinajstić information content (AvgIpc) is 2.94. The maximum absolute atomic E-state index is 6.14. The van der Waals surface area contributed by atoms with Gasteiger partial charge in [0.15, 0.2) is 0 Å². The van der Waals surface area contributed by atoms with Crippen molar-refractivity contribution in [2.45, 2.75) is 49.6 Å². The Hall–Kier alpha value is -0.150. The molecule has 1 heterocycles. The van der Waals surface area contributed by atoms with Crippen molar-refractivity contribution in [1.82, 2.24) is 4.90 Å². The Labute approximate surface area is 84.5 Å². The first kappa shape index (κ1) is 8.18. The molecule has 72 valence electrons. The molecule has 2 aliphatic carbocycles. The van der Waals surface area contributed by atoms with Crippen LogP contribution < -0.4 is 5.73 Å². The third kappa shape index (κ3) is 1.07. The lowest BCUT2D eigenvalue weighted by atomic mass is 10.2. The fourth-order valence-corrected chi connectivity index (χ4v) is 3.03. The molecule has 3 rings (SSSR count). The largest absolute Gasteiger partial charge is 0.359 e. The Morgan fingerprint density at radius 3 is 2.38 bits per heavy atom. The normalized spacial score (nSPS) is 32.2. The zero-order valence-corrected chi connectivity index (χ0v) is 8.70. The second-order valence-corrected chi connectivity index (χ2v) is 5.33. The van der Waals surface area contributed by atoms with Gasteiger partial charge in [-0.2, -0.15) is 0 Å². The summed E-state index contributed by atoms with van der Waals surface area (Å²) in [7, 11) is 0. The molecule has 3 heteroatoms. The quantitative estimate of drug-likeness (QED) is 0.643. The first-order chi connectivity index (χ1) is 6.16. The molecule has 0 atom stereocenters. The number of rotatable bonds is 1. The molecule has 3 aliphatic rings. The lowest BCUT2D eigenvalue weighted by molar-refractivity contribution is 0.363. The van der Waals surface area contributed by atoms with E-state index >= 15 is 0 Å². The summed E-state index contributed by atoms with van der Waals surface area (Å²) < 4.78 is 0. The summed E-state index contributed by atoms with van der Waals surface area (Å²) in [6.07, 6.45) is 7.59. The number of hydrogen-bond donors (Lipinski definition) is 1. The summed E-state index contributed by atoms with van der Waals surface area (Å²) >= 11 is 5.50. The first-order valence-electron chi connectivity index (χ1n) is 5.27. The Morgan fingerprint density at radius 1 is 1.15 bits per heavy atom. The minimum absolute atomic E-state index is 0.0741. The Morgan fingerprint density at radius 2 is 1.85 bits per heavy atom. The molecule has 0 bridgehead atoms. The summed E-state index contributed by atoms with van der Waals surface area (Å²) in [5.74, 6) is 0. The van der Waals surface area contributed by atoms with E-state index in [2.05, 4.69) is 4.90 Å². The highest BCUT2D eigenvalue weighted by Gasteiger charge is 2.56. The molecule has 1 spiro atoms. The maximum Gasteiger partial charge on any atom is 0.0986 e. The number of hydrogen-bond acceptors (Lipinski definition) is 2. The summed E-state index contributed by atoms with van der Waals surface area (Å²) in [5.41, 5.74) is 6.55. The molecule has 2 nitrogen and oxygen atoms in total. The maximum atomic E-state index is 6.14. The van der Waals surface area contributed by atoms with Crippen molar-refractivity contribution >= 4 is 17.2 Å². The zero-order valence-electron chi connectivity index (χ0n) is 7.88. The highest BCUT2D eigenvalue weighted by Crippen LogP contribution is 2.52. The fraction of sp³-hybridized carbons (Fsp3) is 0.900. The highest BCUT2D eigenvalue weighted by atomic mass is 32.1. The van der Waals surface area contributed by atoms with E-state index in [1.807, 2.05) is 0 Å². The Kier molecular flexibility index (Phi) is 1.42. The van der Waals surface area contributed by atoms with Crippen molar-refractivity contribution in [2.24, 2.45) is 5.73 Å². The molecule has 0 aromatic carbocycles. The Balaban J connectivity index is 1.81. The summed E-state index contributed by atoms with van der Waals surface area (Å²) in [5, 5.41) is 0. The van der Waals surface area contributed by atoms with E-state index < -0.39 is 0 Å². The SMILES string of the molecule is NC1(C(=S)N2CCCC23CC3)CC1. The van der Waals surface area contributed by atoms with Crippen LogP contribution in [0, 0.1) is 0 Å². The third-order valence-corrected chi connectivity index (χ3v) is 4.51. The van der Waals surface area contributed by atoms with E-state index in [9.17, 15) is 0 Å². The van der Waals surface area contributed by atoms with Crippen molar-refractivity contribution in [2.75, 3.05) is 6.54 Å². The number of nitrogens with zero attached hydrogens (tertiary/aromatic N) is 1. The minimum Gasteiger partial charge on any atom is -0.359 e. The van der Waals surface area contributed by atoms with Crippen LogP contribution in [0.4, 0.5) is 0 Å². The highest BCUT2D eigenvalue weighted by molar-refractivity contribution is 7.80. The number of likely N-dealkylation sites (tertiary alicyclic amines) is 1. The minimum atomic E-state index is -0.0741. The van der Waals surface area contributed by atoms with Crippen LogP contribution in [0.2, 0.25) is 0 Å². The molecule has 2 N–H and O–H groups in total. The van der Waals surface area contributed by atoms with E-state index in [0.29, 0.717) is 5.54 Å². The molecule has 1 aliphatic heterocycles. The van der Waals surface area contributed by atoms with E-state index in [-0.39, 0.29) is 5.54 Å². The van der Waals surface area contributed by atoms with Crippen LogP contribution >= 0.6 is 12.2 Å². The van der Waals surface area contributed by atoms with Crippen molar-refractivity contribution in [3.05, 3.63) is 0 Å². The second-order valence-electron chi connectivity index (χ2n) is 4.94. The van der Waals surface area contributed by atoms with Gasteiger partial charge in [0.1, 0.15) is 0 Å². The summed E-state index contributed by atoms with van der Waals surface area (Å²) in [4.78, 5) is 3.53. The van der Waals surface area contributed by atoms with Crippen molar-refractivity contribution in [3.63, 3.8) is 0 Å². The van der Waals surface area contributed by atoms with Gasteiger partial charge < -0.3 is 10.6 Å². The smallest absolute Gasteiger partial charge is 0.0986 e. The van der Waals surface area contributed by atoms with Gasteiger partial charge in [0.25, 0.3) is 0 Å². The molecule has 0 unspecified atom stereocenters. The molecule has 1 saturated heterocycles. The zero-order chi connectivity index (χ0) is 9.10. The van der Waals surface area contributed by atoms with Gasteiger partial charge in [-0.15, -0.1) is 0 Å². The van der Waals surface area contributed by atoms with Crippen LogP contribution in [0.3, 0.4) is 0 Å². The topological polar surface area (TPSA) is 29.3 Å². The second kappa shape index (κ2) is 2.26.